The van der Waals surface area contributed by atoms with E-state index in [0.29, 0.717) is 29.0 Å². The van der Waals surface area contributed by atoms with E-state index in [1.165, 1.54) is 24.6 Å². The van der Waals surface area contributed by atoms with Crippen LogP contribution in [0.15, 0.2) is 29.4 Å². The van der Waals surface area contributed by atoms with Gasteiger partial charge in [0, 0.05) is 11.4 Å². The lowest BCUT2D eigenvalue weighted by atomic mass is 10.0. The first-order valence-electron chi connectivity index (χ1n) is 9.09. The van der Waals surface area contributed by atoms with Crippen LogP contribution in [0, 0.1) is 0 Å². The van der Waals surface area contributed by atoms with Crippen LogP contribution in [0.2, 0.25) is 0 Å². The fraction of sp³-hybridized carbons (Fsp3) is 0.368. The molecule has 1 unspecified atom stereocenters. The Balaban J connectivity index is 1.57. The van der Waals surface area contributed by atoms with Crippen LogP contribution in [0.5, 0.6) is 5.75 Å². The number of thiophene rings is 1. The number of hydrogen-bond acceptors (Lipinski definition) is 9. The van der Waals surface area contributed by atoms with Gasteiger partial charge in [-0.1, -0.05) is 11.8 Å². The van der Waals surface area contributed by atoms with Crippen LogP contribution in [0.1, 0.15) is 33.2 Å². The number of thioether (sulfide) groups is 1. The number of methoxy groups -OCH3 is 1. The van der Waals surface area contributed by atoms with Crippen molar-refractivity contribution in [2.24, 2.45) is 0 Å². The number of ketones is 1. The Morgan fingerprint density at radius 1 is 1.43 bits per heavy atom. The summed E-state index contributed by atoms with van der Waals surface area (Å²) in [7, 11) is 1.47. The largest absolute Gasteiger partial charge is 0.495 e. The highest BCUT2D eigenvalue weighted by Crippen LogP contribution is 2.34. The number of nitrogens with zero attached hydrogens (tertiary/aromatic N) is 3. The van der Waals surface area contributed by atoms with Crippen molar-refractivity contribution in [3.05, 3.63) is 40.0 Å². The van der Waals surface area contributed by atoms with Gasteiger partial charge in [0.05, 0.1) is 29.3 Å². The zero-order chi connectivity index (χ0) is 21.3. The number of halogens is 2. The second kappa shape index (κ2) is 8.50. The number of ether oxygens (including phenoxy) is 1. The van der Waals surface area contributed by atoms with E-state index in [1.807, 2.05) is 0 Å². The van der Waals surface area contributed by atoms with E-state index in [4.69, 9.17) is 4.74 Å². The Kier molecular flexibility index (Phi) is 5.96. The molecule has 1 atom stereocenters. The first-order chi connectivity index (χ1) is 14.4. The van der Waals surface area contributed by atoms with Crippen molar-refractivity contribution in [2.45, 2.75) is 23.5 Å². The van der Waals surface area contributed by atoms with Gasteiger partial charge in [-0.25, -0.2) is 23.7 Å². The molecule has 0 amide bonds. The van der Waals surface area contributed by atoms with Gasteiger partial charge in [0.2, 0.25) is 0 Å². The molecule has 2 N–H and O–H groups in total. The van der Waals surface area contributed by atoms with Gasteiger partial charge < -0.3 is 15.2 Å². The molecule has 1 fully saturated rings. The Labute approximate surface area is 178 Å². The number of aliphatic hydroxyl groups is 1. The van der Waals surface area contributed by atoms with E-state index in [9.17, 15) is 18.7 Å². The SMILES string of the molecule is COc1cnc2nc(C(F)F)nc(SCC(=O)c3ccc(C4(O)CCNC4)s3)c2c1. The summed E-state index contributed by atoms with van der Waals surface area (Å²) in [4.78, 5) is 25.7. The average molecular weight is 453 g/mol. The van der Waals surface area contributed by atoms with Crippen molar-refractivity contribution in [1.82, 2.24) is 20.3 Å². The molecule has 1 saturated heterocycles. The standard InChI is InChI=1S/C19H18F2N4O3S2/c1-28-10-6-11-16(23-7-10)24-17(15(20)21)25-18(11)29-8-12(26)13-2-3-14(30-13)19(27)4-5-22-9-19/h2-3,6-7,15,22,27H,4-5,8-9H2,1H3. The monoisotopic (exact) mass is 452 g/mol. The van der Waals surface area contributed by atoms with Gasteiger partial charge in [0.25, 0.3) is 6.43 Å². The Morgan fingerprint density at radius 3 is 2.97 bits per heavy atom. The normalized spacial score (nSPS) is 19.0. The first kappa shape index (κ1) is 21.0. The minimum absolute atomic E-state index is 0.00261. The van der Waals surface area contributed by atoms with Crippen LogP contribution in [0.4, 0.5) is 8.78 Å². The van der Waals surface area contributed by atoms with Gasteiger partial charge in [-0.15, -0.1) is 11.3 Å². The number of β-amino-alcohol motifs (C(OH)–C–C–N with tert-alkyl or cyclic N) is 1. The quantitative estimate of drug-likeness (QED) is 0.321. The predicted molar refractivity (Wildman–Crippen MR) is 110 cm³/mol. The summed E-state index contributed by atoms with van der Waals surface area (Å²) in [6.07, 6.45) is -0.873. The van der Waals surface area contributed by atoms with Crippen LogP contribution in [-0.2, 0) is 5.60 Å². The lowest BCUT2D eigenvalue weighted by Crippen LogP contribution is -2.26. The smallest absolute Gasteiger partial charge is 0.297 e. The van der Waals surface area contributed by atoms with E-state index in [1.54, 1.807) is 18.2 Å². The number of carbonyl (C=O) groups is 1. The zero-order valence-electron chi connectivity index (χ0n) is 15.9. The highest BCUT2D eigenvalue weighted by atomic mass is 32.2. The molecule has 4 rings (SSSR count). The van der Waals surface area contributed by atoms with E-state index in [-0.39, 0.29) is 22.2 Å². The summed E-state index contributed by atoms with van der Waals surface area (Å²) in [6.45, 7) is 1.17. The minimum atomic E-state index is -2.85. The zero-order valence-corrected chi connectivity index (χ0v) is 17.5. The summed E-state index contributed by atoms with van der Waals surface area (Å²) in [5, 5.41) is 14.4. The van der Waals surface area contributed by atoms with Gasteiger partial charge >= 0.3 is 0 Å². The van der Waals surface area contributed by atoms with E-state index < -0.39 is 17.9 Å². The molecule has 0 saturated carbocycles. The van der Waals surface area contributed by atoms with Crippen LogP contribution in [0.3, 0.4) is 0 Å². The second-order valence-corrected chi connectivity index (χ2v) is 8.82. The van der Waals surface area contributed by atoms with Crippen molar-refractivity contribution in [1.29, 1.82) is 0 Å². The van der Waals surface area contributed by atoms with Gasteiger partial charge in [-0.3, -0.25) is 4.79 Å². The number of pyridine rings is 1. The molecule has 0 bridgehead atoms. The summed E-state index contributed by atoms with van der Waals surface area (Å²) >= 11 is 2.30. The molecule has 30 heavy (non-hydrogen) atoms. The van der Waals surface area contributed by atoms with Gasteiger partial charge in [0.1, 0.15) is 16.4 Å². The fourth-order valence-electron chi connectivity index (χ4n) is 3.13. The molecule has 11 heteroatoms. The van der Waals surface area contributed by atoms with E-state index >= 15 is 0 Å². The maximum absolute atomic E-state index is 13.2. The molecule has 0 radical (unpaired) electrons. The third kappa shape index (κ3) is 4.15. The molecule has 3 aromatic rings. The van der Waals surface area contributed by atoms with Crippen LogP contribution >= 0.6 is 23.1 Å². The Hall–Kier alpha value is -2.21. The summed E-state index contributed by atoms with van der Waals surface area (Å²) in [5.74, 6) is -0.371. The number of alkyl halides is 2. The van der Waals surface area contributed by atoms with Crippen molar-refractivity contribution in [3.8, 4) is 5.75 Å². The third-order valence-electron chi connectivity index (χ3n) is 4.75. The molecule has 158 valence electrons. The van der Waals surface area contributed by atoms with Gasteiger partial charge in [-0.2, -0.15) is 0 Å². The first-order valence-corrected chi connectivity index (χ1v) is 10.9. The van der Waals surface area contributed by atoms with Crippen molar-refractivity contribution >= 4 is 39.9 Å². The molecule has 0 aliphatic carbocycles. The third-order valence-corrected chi connectivity index (χ3v) is 7.06. The average Bonchev–Trinajstić information content (AvgIpc) is 3.41. The molecule has 7 nitrogen and oxygen atoms in total. The van der Waals surface area contributed by atoms with Crippen LogP contribution in [-0.4, -0.2) is 51.8 Å². The minimum Gasteiger partial charge on any atom is -0.495 e. The summed E-state index contributed by atoms with van der Waals surface area (Å²) in [6, 6.07) is 5.06. The van der Waals surface area contributed by atoms with Crippen molar-refractivity contribution < 1.29 is 23.4 Å². The number of fused-ring (bicyclic) bond motifs is 1. The molecular formula is C19H18F2N4O3S2. The lowest BCUT2D eigenvalue weighted by molar-refractivity contribution is 0.0626. The molecular weight excluding hydrogens is 434 g/mol. The molecule has 1 aliphatic heterocycles. The number of aromatic nitrogens is 3. The Bertz CT molecular complexity index is 1090. The highest BCUT2D eigenvalue weighted by Gasteiger charge is 2.34. The number of hydrogen-bond donors (Lipinski definition) is 2. The summed E-state index contributed by atoms with van der Waals surface area (Å²) in [5.41, 5.74) is -0.835. The number of rotatable bonds is 7. The molecule has 1 aliphatic rings. The Morgan fingerprint density at radius 2 is 2.27 bits per heavy atom. The lowest BCUT2D eigenvalue weighted by Gasteiger charge is -2.18. The van der Waals surface area contributed by atoms with Gasteiger partial charge in [0.15, 0.2) is 17.3 Å². The van der Waals surface area contributed by atoms with Crippen molar-refractivity contribution in [2.75, 3.05) is 26.0 Å². The van der Waals surface area contributed by atoms with E-state index in [0.717, 1.165) is 23.2 Å². The number of Topliss-reactive ketones (excluding diaryl/α,β-unsaturated/α-hetero) is 1. The highest BCUT2D eigenvalue weighted by molar-refractivity contribution is 8.00. The molecule has 3 aromatic heterocycles. The molecule has 0 spiro atoms. The van der Waals surface area contributed by atoms with Crippen molar-refractivity contribution in [3.63, 3.8) is 0 Å². The van der Waals surface area contributed by atoms with Gasteiger partial charge in [-0.05, 0) is 31.2 Å². The number of nitrogens with one attached hydrogen (secondary N) is 1. The fourth-order valence-corrected chi connectivity index (χ4v) is 5.17. The summed E-state index contributed by atoms with van der Waals surface area (Å²) < 4.78 is 31.5. The topological polar surface area (TPSA) is 97.2 Å². The maximum Gasteiger partial charge on any atom is 0.297 e. The number of carbonyl (C=O) groups excluding carboxylic acids is 1. The molecule has 4 heterocycles. The maximum atomic E-state index is 13.2. The molecule has 0 aromatic carbocycles. The van der Waals surface area contributed by atoms with Crippen LogP contribution < -0.4 is 10.1 Å². The predicted octanol–water partition coefficient (Wildman–Crippen LogP) is 3.19. The van der Waals surface area contributed by atoms with Crippen LogP contribution in [0.25, 0.3) is 11.0 Å². The second-order valence-electron chi connectivity index (χ2n) is 6.77. The van der Waals surface area contributed by atoms with E-state index in [2.05, 4.69) is 20.3 Å².